The highest BCUT2D eigenvalue weighted by Crippen LogP contribution is 2.18. The first-order valence-corrected chi connectivity index (χ1v) is 7.99. The number of anilines is 1. The molecule has 0 fully saturated rings. The van der Waals surface area contributed by atoms with Gasteiger partial charge in [0.15, 0.2) is 5.78 Å². The van der Waals surface area contributed by atoms with Crippen molar-refractivity contribution in [3.05, 3.63) is 64.7 Å². The minimum absolute atomic E-state index is 0.0621. The van der Waals surface area contributed by atoms with Gasteiger partial charge in [-0.2, -0.15) is 0 Å². The van der Waals surface area contributed by atoms with Gasteiger partial charge in [0.2, 0.25) is 5.91 Å². The smallest absolute Gasteiger partial charge is 0.337 e. The zero-order chi connectivity index (χ0) is 18.4. The number of carbonyl (C=O) groups excluding carboxylic acids is 3. The van der Waals surface area contributed by atoms with Gasteiger partial charge in [0.05, 0.1) is 12.7 Å². The molecule has 0 atom stereocenters. The third-order valence-electron chi connectivity index (χ3n) is 3.87. The van der Waals surface area contributed by atoms with Crippen LogP contribution in [0.3, 0.4) is 0 Å². The van der Waals surface area contributed by atoms with Gasteiger partial charge < -0.3 is 10.1 Å². The van der Waals surface area contributed by atoms with Crippen molar-refractivity contribution in [2.75, 3.05) is 12.4 Å². The van der Waals surface area contributed by atoms with Crippen LogP contribution in [0.15, 0.2) is 42.5 Å². The minimum Gasteiger partial charge on any atom is -0.465 e. The molecular weight excluding hydrogens is 318 g/mol. The van der Waals surface area contributed by atoms with Gasteiger partial charge in [0, 0.05) is 24.1 Å². The summed E-state index contributed by atoms with van der Waals surface area (Å²) < 4.78 is 4.66. The Morgan fingerprint density at radius 2 is 1.56 bits per heavy atom. The lowest BCUT2D eigenvalue weighted by atomic mass is 10.0. The quantitative estimate of drug-likeness (QED) is 0.643. The van der Waals surface area contributed by atoms with Gasteiger partial charge in [-0.1, -0.05) is 29.8 Å². The Morgan fingerprint density at radius 1 is 0.920 bits per heavy atom. The van der Waals surface area contributed by atoms with E-state index in [-0.39, 0.29) is 24.5 Å². The number of aryl methyl sites for hydroxylation is 2. The molecule has 0 aliphatic rings. The number of methoxy groups -OCH3 is 1. The maximum Gasteiger partial charge on any atom is 0.337 e. The highest BCUT2D eigenvalue weighted by Gasteiger charge is 2.12. The molecule has 0 aliphatic carbocycles. The van der Waals surface area contributed by atoms with Crippen LogP contribution in [-0.4, -0.2) is 24.8 Å². The van der Waals surface area contributed by atoms with Crippen molar-refractivity contribution in [1.82, 2.24) is 0 Å². The molecule has 0 unspecified atom stereocenters. The number of hydrogen-bond donors (Lipinski definition) is 1. The second kappa shape index (κ2) is 8.24. The van der Waals surface area contributed by atoms with Crippen molar-refractivity contribution in [2.45, 2.75) is 26.7 Å². The third-order valence-corrected chi connectivity index (χ3v) is 3.87. The van der Waals surface area contributed by atoms with E-state index in [4.69, 9.17) is 0 Å². The molecule has 0 radical (unpaired) electrons. The fraction of sp³-hybridized carbons (Fsp3) is 0.250. The lowest BCUT2D eigenvalue weighted by Gasteiger charge is -2.09. The molecule has 0 saturated heterocycles. The second-order valence-corrected chi connectivity index (χ2v) is 5.86. The zero-order valence-corrected chi connectivity index (χ0v) is 14.6. The van der Waals surface area contributed by atoms with Gasteiger partial charge in [-0.25, -0.2) is 4.79 Å². The minimum atomic E-state index is -0.426. The summed E-state index contributed by atoms with van der Waals surface area (Å²) in [4.78, 5) is 35.7. The third kappa shape index (κ3) is 5.01. The summed E-state index contributed by atoms with van der Waals surface area (Å²) in [5, 5.41) is 2.77. The normalized spacial score (nSPS) is 10.2. The Bertz CT molecular complexity index is 794. The number of nitrogens with one attached hydrogen (secondary N) is 1. The zero-order valence-electron chi connectivity index (χ0n) is 14.6. The molecule has 130 valence electrons. The highest BCUT2D eigenvalue weighted by atomic mass is 16.5. The van der Waals surface area contributed by atoms with Gasteiger partial charge in [0.25, 0.3) is 0 Å². The van der Waals surface area contributed by atoms with E-state index in [1.54, 1.807) is 37.3 Å². The highest BCUT2D eigenvalue weighted by molar-refractivity contribution is 6.00. The molecule has 0 heterocycles. The molecule has 0 aliphatic heterocycles. The Balaban J connectivity index is 1.93. The van der Waals surface area contributed by atoms with E-state index in [2.05, 4.69) is 10.1 Å². The van der Waals surface area contributed by atoms with Crippen LogP contribution >= 0.6 is 0 Å². The topological polar surface area (TPSA) is 72.5 Å². The second-order valence-electron chi connectivity index (χ2n) is 5.86. The van der Waals surface area contributed by atoms with Gasteiger partial charge >= 0.3 is 5.97 Å². The summed E-state index contributed by atoms with van der Waals surface area (Å²) in [6.07, 6.45) is 0.249. The van der Waals surface area contributed by atoms with Gasteiger partial charge in [-0.05, 0) is 37.6 Å². The van der Waals surface area contributed by atoms with Crippen LogP contribution in [0.25, 0.3) is 0 Å². The number of ketones is 1. The van der Waals surface area contributed by atoms with Crippen molar-refractivity contribution in [2.24, 2.45) is 0 Å². The molecule has 2 aromatic carbocycles. The predicted molar refractivity (Wildman–Crippen MR) is 95.9 cm³/mol. The van der Waals surface area contributed by atoms with Crippen molar-refractivity contribution >= 4 is 23.3 Å². The Morgan fingerprint density at radius 3 is 2.16 bits per heavy atom. The average Bonchev–Trinajstić information content (AvgIpc) is 2.61. The van der Waals surface area contributed by atoms with Crippen molar-refractivity contribution in [3.8, 4) is 0 Å². The first-order valence-electron chi connectivity index (χ1n) is 7.99. The van der Waals surface area contributed by atoms with Crippen LogP contribution in [0, 0.1) is 13.8 Å². The van der Waals surface area contributed by atoms with Crippen molar-refractivity contribution < 1.29 is 19.1 Å². The largest absolute Gasteiger partial charge is 0.465 e. The lowest BCUT2D eigenvalue weighted by molar-refractivity contribution is -0.116. The number of benzene rings is 2. The molecular formula is C20H21NO4. The molecule has 1 amide bonds. The van der Waals surface area contributed by atoms with Crippen LogP contribution < -0.4 is 5.32 Å². The van der Waals surface area contributed by atoms with Crippen LogP contribution in [0.5, 0.6) is 0 Å². The molecule has 0 spiro atoms. The maximum absolute atomic E-state index is 12.1. The monoisotopic (exact) mass is 339 g/mol. The van der Waals surface area contributed by atoms with Gasteiger partial charge in [0.1, 0.15) is 0 Å². The Hall–Kier alpha value is -2.95. The lowest BCUT2D eigenvalue weighted by Crippen LogP contribution is -2.14. The molecule has 0 aromatic heterocycles. The number of ether oxygens (including phenoxy) is 1. The van der Waals surface area contributed by atoms with E-state index < -0.39 is 5.97 Å². The number of Topliss-reactive ketones (excluding diaryl/α,β-unsaturated/α-hetero) is 1. The first kappa shape index (κ1) is 18.4. The number of amides is 1. The van der Waals surface area contributed by atoms with E-state index in [0.29, 0.717) is 16.8 Å². The molecule has 2 rings (SSSR count). The van der Waals surface area contributed by atoms with Crippen LogP contribution in [0.4, 0.5) is 5.69 Å². The number of rotatable bonds is 6. The summed E-state index contributed by atoms with van der Waals surface area (Å²) in [6, 6.07) is 12.2. The molecule has 5 nitrogen and oxygen atoms in total. The number of hydrogen-bond acceptors (Lipinski definition) is 4. The summed E-state index contributed by atoms with van der Waals surface area (Å²) in [5.74, 6) is -0.730. The average molecular weight is 339 g/mol. The fourth-order valence-electron chi connectivity index (χ4n) is 2.37. The maximum atomic E-state index is 12.1. The summed E-state index contributed by atoms with van der Waals surface area (Å²) in [6.45, 7) is 3.75. The van der Waals surface area contributed by atoms with E-state index in [1.807, 2.05) is 19.1 Å². The summed E-state index contributed by atoms with van der Waals surface area (Å²) >= 11 is 0. The molecule has 0 bridgehead atoms. The van der Waals surface area contributed by atoms with Crippen LogP contribution in [-0.2, 0) is 9.53 Å². The Labute approximate surface area is 147 Å². The SMILES string of the molecule is COC(=O)c1ccc(NC(=O)CCC(=O)c2ccc(C)cc2)c(C)c1. The molecule has 2 aromatic rings. The van der Waals surface area contributed by atoms with Crippen LogP contribution in [0.1, 0.15) is 44.7 Å². The molecule has 1 N–H and O–H groups in total. The molecule has 25 heavy (non-hydrogen) atoms. The summed E-state index contributed by atoms with van der Waals surface area (Å²) in [5.41, 5.74) is 3.48. The van der Waals surface area contributed by atoms with Crippen molar-refractivity contribution in [3.63, 3.8) is 0 Å². The Kier molecular flexibility index (Phi) is 6.06. The predicted octanol–water partition coefficient (Wildman–Crippen LogP) is 3.69. The standard InChI is InChI=1S/C20H21NO4/c1-13-4-6-15(7-5-13)18(22)10-11-19(23)21-17-9-8-16(12-14(17)2)20(24)25-3/h4-9,12H,10-11H2,1-3H3,(H,21,23). The van der Waals surface area contributed by atoms with E-state index in [0.717, 1.165) is 11.1 Å². The molecule has 0 saturated carbocycles. The molecule has 5 heteroatoms. The summed E-state index contributed by atoms with van der Waals surface area (Å²) in [7, 11) is 1.32. The van der Waals surface area contributed by atoms with Crippen molar-refractivity contribution in [1.29, 1.82) is 0 Å². The van der Waals surface area contributed by atoms with E-state index in [1.165, 1.54) is 7.11 Å². The van der Waals surface area contributed by atoms with Crippen LogP contribution in [0.2, 0.25) is 0 Å². The van der Waals surface area contributed by atoms with E-state index in [9.17, 15) is 14.4 Å². The fourth-order valence-corrected chi connectivity index (χ4v) is 2.37. The number of esters is 1. The van der Waals surface area contributed by atoms with Gasteiger partial charge in [-0.3, -0.25) is 9.59 Å². The van der Waals surface area contributed by atoms with Gasteiger partial charge in [-0.15, -0.1) is 0 Å². The number of carbonyl (C=O) groups is 3. The van der Waals surface area contributed by atoms with E-state index >= 15 is 0 Å². The first-order chi connectivity index (χ1) is 11.9.